The second-order valence-corrected chi connectivity index (χ2v) is 14.6. The van der Waals surface area contributed by atoms with Gasteiger partial charge in [0.05, 0.1) is 28.9 Å². The normalized spacial score (nSPS) is 12.2. The lowest BCUT2D eigenvalue weighted by Crippen LogP contribution is -2.07. The Bertz CT molecular complexity index is 2060. The first-order chi connectivity index (χ1) is 20.6. The molecule has 0 aliphatic carbocycles. The van der Waals surface area contributed by atoms with E-state index < -0.39 is 44.8 Å². The molecular weight excluding hydrogens is 661 g/mol. The molecule has 234 valence electrons. The zero-order valence-electron chi connectivity index (χ0n) is 23.0. The number of aryl methyl sites for hydroxylation is 2. The van der Waals surface area contributed by atoms with Gasteiger partial charge < -0.3 is 9.47 Å². The molecule has 0 aliphatic rings. The van der Waals surface area contributed by atoms with Crippen molar-refractivity contribution in [2.75, 3.05) is 7.11 Å². The van der Waals surface area contributed by atoms with Crippen molar-refractivity contribution in [2.45, 2.75) is 38.3 Å². The van der Waals surface area contributed by atoms with E-state index in [-0.39, 0.29) is 27.0 Å². The van der Waals surface area contributed by atoms with Gasteiger partial charge in [0.15, 0.2) is 0 Å². The molecule has 0 saturated heterocycles. The molecule has 44 heavy (non-hydrogen) atoms. The van der Waals surface area contributed by atoms with Crippen LogP contribution in [-0.4, -0.2) is 46.7 Å². The summed E-state index contributed by atoms with van der Waals surface area (Å²) in [4.78, 5) is -1.65. The summed E-state index contributed by atoms with van der Waals surface area (Å²) in [5.41, 5.74) is 1.99. The predicted octanol–water partition coefficient (Wildman–Crippen LogP) is 5.53. The van der Waals surface area contributed by atoms with E-state index in [1.54, 1.807) is 32.0 Å². The van der Waals surface area contributed by atoms with Crippen LogP contribution >= 0.6 is 12.0 Å². The molecule has 0 fully saturated rings. The molecule has 0 saturated carbocycles. The van der Waals surface area contributed by atoms with Gasteiger partial charge in [0.1, 0.15) is 27.0 Å². The van der Waals surface area contributed by atoms with Crippen LogP contribution < -0.4 is 9.47 Å². The lowest BCUT2D eigenvalue weighted by atomic mass is 10.0. The topological polar surface area (TPSA) is 200 Å². The zero-order valence-corrected chi connectivity index (χ0v) is 26.3. The van der Waals surface area contributed by atoms with Gasteiger partial charge in [-0.25, -0.2) is 13.7 Å². The zero-order chi connectivity index (χ0) is 32.4. The van der Waals surface area contributed by atoms with Crippen molar-refractivity contribution in [3.8, 4) is 28.4 Å². The first-order valence-electron chi connectivity index (χ1n) is 12.1. The summed E-state index contributed by atoms with van der Waals surface area (Å²) in [6, 6.07) is 15.7. The molecule has 0 bridgehead atoms. The van der Waals surface area contributed by atoms with Gasteiger partial charge in [-0.2, -0.15) is 16.8 Å². The van der Waals surface area contributed by atoms with E-state index in [1.165, 1.54) is 43.5 Å². The number of methoxy groups -OCH3 is 1. The third-order valence-electron chi connectivity index (χ3n) is 6.30. The smallest absolute Gasteiger partial charge is 0.298 e. The third-order valence-corrected chi connectivity index (χ3v) is 10.5. The second-order valence-electron chi connectivity index (χ2n) is 9.16. The fourth-order valence-corrected chi connectivity index (χ4v) is 7.35. The molecule has 0 spiro atoms. The van der Waals surface area contributed by atoms with E-state index in [0.717, 1.165) is 18.2 Å². The summed E-state index contributed by atoms with van der Waals surface area (Å²) in [6.45, 7) is 3.28. The Kier molecular flexibility index (Phi) is 9.74. The van der Waals surface area contributed by atoms with Gasteiger partial charge in [-0.15, -0.1) is 4.33 Å². The molecule has 0 heterocycles. The summed E-state index contributed by atoms with van der Waals surface area (Å²) in [6.07, 6.45) is 0. The second kappa shape index (κ2) is 12.8. The highest BCUT2D eigenvalue weighted by Crippen LogP contribution is 2.37. The molecule has 13 nitrogen and oxygen atoms in total. The Hall–Kier alpha value is -3.52. The van der Waals surface area contributed by atoms with Crippen molar-refractivity contribution in [3.63, 3.8) is 0 Å². The quantitative estimate of drug-likeness (QED) is 0.0771. The minimum Gasteiger partial charge on any atom is -0.495 e. The highest BCUT2D eigenvalue weighted by Gasteiger charge is 2.26. The van der Waals surface area contributed by atoms with Gasteiger partial charge in [0, 0.05) is 4.90 Å². The van der Waals surface area contributed by atoms with Crippen molar-refractivity contribution in [1.29, 1.82) is 0 Å². The van der Waals surface area contributed by atoms with Crippen LogP contribution in [0.2, 0.25) is 0 Å². The number of rotatable bonds is 11. The summed E-state index contributed by atoms with van der Waals surface area (Å²) in [7, 11) is -12.6. The average Bonchev–Trinajstić information content (AvgIpc) is 2.96. The number of benzene rings is 4. The Morgan fingerprint density at radius 3 is 1.77 bits per heavy atom. The minimum absolute atomic E-state index is 0.0526. The minimum atomic E-state index is -4.99. The Morgan fingerprint density at radius 1 is 0.636 bits per heavy atom. The van der Waals surface area contributed by atoms with Crippen LogP contribution in [-0.2, 0) is 39.4 Å². The fraction of sp³-hybridized carbons (Fsp3) is 0.111. The lowest BCUT2D eigenvalue weighted by Gasteiger charge is -2.15. The molecule has 0 atom stereocenters. The van der Waals surface area contributed by atoms with Crippen LogP contribution in [0.3, 0.4) is 0 Å². The van der Waals surface area contributed by atoms with Crippen LogP contribution in [0.4, 0.5) is 0 Å². The maximum atomic E-state index is 13.4. The molecule has 0 radical (unpaired) electrons. The SMILES string of the molecule is COc1ccc(-c2ccc(Oc3ccc(S(=O)(=O)c4ccc(C)c(SOOO)c4)cc3S(=O)(=O)O)c(C)c2)cc1S(=O)(=O)O. The molecule has 4 aromatic rings. The van der Waals surface area contributed by atoms with Crippen molar-refractivity contribution in [2.24, 2.45) is 0 Å². The molecule has 4 aromatic carbocycles. The number of hydrogen-bond acceptors (Lipinski definition) is 12. The molecular formula is C27H24O13S4. The highest BCUT2D eigenvalue weighted by molar-refractivity contribution is 7.94. The molecule has 3 N–H and O–H groups in total. The number of hydrogen-bond donors (Lipinski definition) is 3. The standard InChI is InChI=1S/C27H24O13S4/c1-16-4-7-20(14-25(16)41-40-39-28)42(29,30)21-8-11-24(27(15-21)44(34,35)36)38-22-9-5-18(12-17(22)2)19-6-10-23(37-3)26(13-19)43(31,32)33/h4-15,28H,1-3H3,(H,31,32,33)(H,34,35,36). The van der Waals surface area contributed by atoms with E-state index in [2.05, 4.69) is 9.37 Å². The summed E-state index contributed by atoms with van der Waals surface area (Å²) < 4.78 is 110. The predicted molar refractivity (Wildman–Crippen MR) is 157 cm³/mol. The maximum absolute atomic E-state index is 13.4. The van der Waals surface area contributed by atoms with Crippen molar-refractivity contribution >= 4 is 42.1 Å². The van der Waals surface area contributed by atoms with Crippen LogP contribution in [0, 0.1) is 13.8 Å². The van der Waals surface area contributed by atoms with Gasteiger partial charge in [0.2, 0.25) is 9.84 Å². The molecule has 0 unspecified atom stereocenters. The summed E-state index contributed by atoms with van der Waals surface area (Å²) >= 11 is 0.552. The van der Waals surface area contributed by atoms with Gasteiger partial charge in [-0.1, -0.05) is 23.2 Å². The van der Waals surface area contributed by atoms with Crippen molar-refractivity contribution < 1.29 is 58.5 Å². The first-order valence-corrected chi connectivity index (χ1v) is 17.2. The average molecular weight is 685 g/mol. The highest BCUT2D eigenvalue weighted by atomic mass is 32.2. The van der Waals surface area contributed by atoms with Gasteiger partial charge in [-0.3, -0.25) is 9.11 Å². The molecule has 0 aliphatic heterocycles. The van der Waals surface area contributed by atoms with Crippen LogP contribution in [0.1, 0.15) is 11.1 Å². The number of ether oxygens (including phenoxy) is 2. The summed E-state index contributed by atoms with van der Waals surface area (Å²) in [5, 5.41) is 12.0. The Labute approximate surface area is 257 Å². The Morgan fingerprint density at radius 2 is 1.18 bits per heavy atom. The monoisotopic (exact) mass is 684 g/mol. The van der Waals surface area contributed by atoms with Crippen molar-refractivity contribution in [3.05, 3.63) is 83.9 Å². The van der Waals surface area contributed by atoms with Crippen molar-refractivity contribution in [1.82, 2.24) is 0 Å². The summed E-state index contributed by atoms with van der Waals surface area (Å²) in [5.74, 6) is -0.277. The van der Waals surface area contributed by atoms with E-state index in [0.29, 0.717) is 34.3 Å². The lowest BCUT2D eigenvalue weighted by molar-refractivity contribution is -0.432. The van der Waals surface area contributed by atoms with E-state index in [9.17, 15) is 34.4 Å². The Balaban J connectivity index is 1.71. The third kappa shape index (κ3) is 7.23. The van der Waals surface area contributed by atoms with E-state index >= 15 is 0 Å². The van der Waals surface area contributed by atoms with Crippen LogP contribution in [0.5, 0.6) is 17.2 Å². The van der Waals surface area contributed by atoms with Gasteiger partial charge in [0.25, 0.3) is 20.2 Å². The van der Waals surface area contributed by atoms with Crippen LogP contribution in [0.25, 0.3) is 11.1 Å². The maximum Gasteiger partial charge on any atom is 0.298 e. The first kappa shape index (κ1) is 33.4. The fourth-order valence-electron chi connectivity index (χ4n) is 4.09. The molecule has 17 heteroatoms. The van der Waals surface area contributed by atoms with E-state index in [1.807, 2.05) is 0 Å². The van der Waals surface area contributed by atoms with E-state index in [4.69, 9.17) is 14.7 Å². The largest absolute Gasteiger partial charge is 0.495 e. The van der Waals surface area contributed by atoms with Gasteiger partial charge in [-0.05, 0) is 90.7 Å². The number of sulfone groups is 1. The molecule has 0 amide bonds. The molecule has 4 rings (SSSR count). The van der Waals surface area contributed by atoms with Crippen LogP contribution in [0.15, 0.2) is 97.3 Å². The van der Waals surface area contributed by atoms with Gasteiger partial charge >= 0.3 is 0 Å². The molecule has 0 aromatic heterocycles.